The summed E-state index contributed by atoms with van der Waals surface area (Å²) in [5, 5.41) is 0. The maximum absolute atomic E-state index is 13.3. The van der Waals surface area contributed by atoms with Gasteiger partial charge in [0, 0.05) is 57.1 Å². The smallest absolute Gasteiger partial charge is 0.249 e. The maximum Gasteiger partial charge on any atom is 0.249 e. The van der Waals surface area contributed by atoms with Gasteiger partial charge in [0.1, 0.15) is 5.82 Å². The zero-order valence-electron chi connectivity index (χ0n) is 16.1. The lowest BCUT2D eigenvalue weighted by Gasteiger charge is -2.37. The predicted octanol–water partition coefficient (Wildman–Crippen LogP) is 3.31. The molecule has 2 aliphatic heterocycles. The minimum atomic E-state index is -0.199. The van der Waals surface area contributed by atoms with Crippen molar-refractivity contribution in [3.63, 3.8) is 0 Å². The topological polar surface area (TPSA) is 26.8 Å². The van der Waals surface area contributed by atoms with Crippen LogP contribution in [0.5, 0.6) is 0 Å². The molecule has 2 heterocycles. The molecule has 0 atom stereocenters. The van der Waals surface area contributed by atoms with E-state index in [1.54, 1.807) is 12.1 Å². The standard InChI is InChI=1S/C23H26FN3O/c24-21-6-4-5-19(17-21)18-25-11-9-20(10-12-25)23(28)27-15-13-26(14-16-27)22-7-2-1-3-8-22/h1-9,17H,10-16,18H2. The van der Waals surface area contributed by atoms with Crippen LogP contribution in [0.15, 0.2) is 66.2 Å². The van der Waals surface area contributed by atoms with Crippen molar-refractivity contribution in [2.75, 3.05) is 44.2 Å². The number of nitrogens with zero attached hydrogens (tertiary/aromatic N) is 3. The van der Waals surface area contributed by atoms with E-state index in [1.807, 2.05) is 17.0 Å². The Morgan fingerprint density at radius 3 is 2.39 bits per heavy atom. The van der Waals surface area contributed by atoms with Gasteiger partial charge in [-0.2, -0.15) is 0 Å². The molecule has 4 rings (SSSR count). The van der Waals surface area contributed by atoms with Gasteiger partial charge in [-0.25, -0.2) is 4.39 Å². The first-order valence-electron chi connectivity index (χ1n) is 9.94. The molecule has 1 amide bonds. The third-order valence-corrected chi connectivity index (χ3v) is 5.55. The van der Waals surface area contributed by atoms with Gasteiger partial charge in [-0.05, 0) is 36.2 Å². The number of piperazine rings is 1. The van der Waals surface area contributed by atoms with E-state index in [0.717, 1.165) is 56.8 Å². The normalized spacial score (nSPS) is 18.1. The van der Waals surface area contributed by atoms with Gasteiger partial charge in [-0.3, -0.25) is 9.69 Å². The molecule has 5 heteroatoms. The van der Waals surface area contributed by atoms with Gasteiger partial charge >= 0.3 is 0 Å². The number of carbonyl (C=O) groups is 1. The molecule has 2 aromatic carbocycles. The maximum atomic E-state index is 13.3. The molecule has 1 saturated heterocycles. The first-order valence-corrected chi connectivity index (χ1v) is 9.94. The van der Waals surface area contributed by atoms with E-state index >= 15 is 0 Å². The number of hydrogen-bond donors (Lipinski definition) is 0. The van der Waals surface area contributed by atoms with Gasteiger partial charge in [-0.1, -0.05) is 36.4 Å². The van der Waals surface area contributed by atoms with Crippen molar-refractivity contribution in [1.29, 1.82) is 0 Å². The van der Waals surface area contributed by atoms with Crippen LogP contribution in [0.1, 0.15) is 12.0 Å². The molecule has 28 heavy (non-hydrogen) atoms. The van der Waals surface area contributed by atoms with E-state index in [2.05, 4.69) is 40.1 Å². The highest BCUT2D eigenvalue weighted by molar-refractivity contribution is 5.93. The minimum absolute atomic E-state index is 0.179. The average molecular weight is 379 g/mol. The molecule has 146 valence electrons. The van der Waals surface area contributed by atoms with E-state index in [1.165, 1.54) is 11.8 Å². The van der Waals surface area contributed by atoms with Gasteiger partial charge in [0.05, 0.1) is 0 Å². The molecule has 0 spiro atoms. The van der Waals surface area contributed by atoms with Crippen LogP contribution in [-0.4, -0.2) is 55.0 Å². The average Bonchev–Trinajstić information content (AvgIpc) is 2.75. The summed E-state index contributed by atoms with van der Waals surface area (Å²) in [4.78, 5) is 19.4. The summed E-state index contributed by atoms with van der Waals surface area (Å²) < 4.78 is 13.3. The Labute approximate surface area is 165 Å². The fraction of sp³-hybridized carbons (Fsp3) is 0.348. The summed E-state index contributed by atoms with van der Waals surface area (Å²) in [5.74, 6) is -0.0197. The third kappa shape index (κ3) is 4.42. The van der Waals surface area contributed by atoms with Gasteiger partial charge in [-0.15, -0.1) is 0 Å². The van der Waals surface area contributed by atoms with Gasteiger partial charge in [0.25, 0.3) is 0 Å². The quantitative estimate of drug-likeness (QED) is 0.816. The molecule has 0 N–H and O–H groups in total. The van der Waals surface area contributed by atoms with E-state index in [4.69, 9.17) is 0 Å². The van der Waals surface area contributed by atoms with Crippen molar-refractivity contribution < 1.29 is 9.18 Å². The van der Waals surface area contributed by atoms with Crippen LogP contribution in [0, 0.1) is 5.82 Å². The first kappa shape index (κ1) is 18.7. The second-order valence-electron chi connectivity index (χ2n) is 7.46. The Kier molecular flexibility index (Phi) is 5.72. The van der Waals surface area contributed by atoms with Crippen LogP contribution < -0.4 is 4.90 Å². The number of amides is 1. The fourth-order valence-electron chi connectivity index (χ4n) is 3.95. The lowest BCUT2D eigenvalue weighted by molar-refractivity contribution is -0.127. The van der Waals surface area contributed by atoms with Crippen molar-refractivity contribution in [3.8, 4) is 0 Å². The molecule has 0 aromatic heterocycles. The zero-order valence-corrected chi connectivity index (χ0v) is 16.1. The Hall–Kier alpha value is -2.66. The van der Waals surface area contributed by atoms with Crippen LogP contribution >= 0.6 is 0 Å². The number of carbonyl (C=O) groups excluding carboxylic acids is 1. The number of rotatable bonds is 4. The van der Waals surface area contributed by atoms with Crippen molar-refractivity contribution in [3.05, 3.63) is 77.6 Å². The first-order chi connectivity index (χ1) is 13.7. The van der Waals surface area contributed by atoms with Crippen molar-refractivity contribution in [2.24, 2.45) is 0 Å². The molecule has 0 unspecified atom stereocenters. The van der Waals surface area contributed by atoms with Gasteiger partial charge in [0.2, 0.25) is 5.91 Å². The van der Waals surface area contributed by atoms with Crippen LogP contribution in [0.2, 0.25) is 0 Å². The SMILES string of the molecule is O=C(C1=CCN(Cc2cccc(F)c2)CC1)N1CCN(c2ccccc2)CC1. The summed E-state index contributed by atoms with van der Waals surface area (Å²) >= 11 is 0. The molecule has 0 aliphatic carbocycles. The monoisotopic (exact) mass is 379 g/mol. The van der Waals surface area contributed by atoms with Crippen molar-refractivity contribution in [2.45, 2.75) is 13.0 Å². The predicted molar refractivity (Wildman–Crippen MR) is 110 cm³/mol. The summed E-state index contributed by atoms with van der Waals surface area (Å²) in [6.07, 6.45) is 2.81. The van der Waals surface area contributed by atoms with Gasteiger partial charge in [0.15, 0.2) is 0 Å². The van der Waals surface area contributed by atoms with Crippen LogP contribution in [0.3, 0.4) is 0 Å². The minimum Gasteiger partial charge on any atom is -0.368 e. The summed E-state index contributed by atoms with van der Waals surface area (Å²) in [7, 11) is 0. The summed E-state index contributed by atoms with van der Waals surface area (Å²) in [6, 6.07) is 17.1. The molecular formula is C23H26FN3O. The van der Waals surface area contributed by atoms with Crippen LogP contribution in [-0.2, 0) is 11.3 Å². The number of halogens is 1. The Morgan fingerprint density at radius 1 is 0.929 bits per heavy atom. The largest absolute Gasteiger partial charge is 0.368 e. The van der Waals surface area contributed by atoms with E-state index in [-0.39, 0.29) is 11.7 Å². The summed E-state index contributed by atoms with van der Waals surface area (Å²) in [5.41, 5.74) is 3.11. The third-order valence-electron chi connectivity index (χ3n) is 5.55. The van der Waals surface area contributed by atoms with E-state index in [0.29, 0.717) is 6.54 Å². The Balaban J connectivity index is 1.29. The second-order valence-corrected chi connectivity index (χ2v) is 7.46. The Bertz CT molecular complexity index is 844. The fourth-order valence-corrected chi connectivity index (χ4v) is 3.95. The highest BCUT2D eigenvalue weighted by Gasteiger charge is 2.25. The van der Waals surface area contributed by atoms with Gasteiger partial charge < -0.3 is 9.80 Å². The van der Waals surface area contributed by atoms with Crippen molar-refractivity contribution >= 4 is 11.6 Å². The number of anilines is 1. The highest BCUT2D eigenvalue weighted by Crippen LogP contribution is 2.20. The molecule has 0 radical (unpaired) electrons. The van der Waals surface area contributed by atoms with Crippen molar-refractivity contribution in [1.82, 2.24) is 9.80 Å². The lowest BCUT2D eigenvalue weighted by atomic mass is 10.1. The molecule has 1 fully saturated rings. The van der Waals surface area contributed by atoms with E-state index in [9.17, 15) is 9.18 Å². The number of benzene rings is 2. The lowest BCUT2D eigenvalue weighted by Crippen LogP contribution is -2.49. The number of hydrogen-bond acceptors (Lipinski definition) is 3. The second kappa shape index (κ2) is 8.57. The molecule has 0 bridgehead atoms. The molecular weight excluding hydrogens is 353 g/mol. The molecule has 2 aliphatic rings. The highest BCUT2D eigenvalue weighted by atomic mass is 19.1. The zero-order chi connectivity index (χ0) is 19.3. The molecule has 0 saturated carbocycles. The van der Waals surface area contributed by atoms with E-state index < -0.39 is 0 Å². The number of para-hydroxylation sites is 1. The Morgan fingerprint density at radius 2 is 1.71 bits per heavy atom. The molecule has 2 aromatic rings. The van der Waals surface area contributed by atoms with Crippen LogP contribution in [0.25, 0.3) is 0 Å². The summed E-state index contributed by atoms with van der Waals surface area (Å²) in [6.45, 7) is 5.55. The molecule has 4 nitrogen and oxygen atoms in total. The van der Waals surface area contributed by atoms with Crippen LogP contribution in [0.4, 0.5) is 10.1 Å².